The van der Waals surface area contributed by atoms with Crippen LogP contribution in [-0.4, -0.2) is 86.8 Å². The summed E-state index contributed by atoms with van der Waals surface area (Å²) in [7, 11) is -17.1. The summed E-state index contributed by atoms with van der Waals surface area (Å²) in [6, 6.07) is 6.43. The minimum Gasteiger partial charge on any atom is -0.744 e. The normalized spacial score (nSPS) is 11.9. The van der Waals surface area contributed by atoms with Crippen LogP contribution >= 0.6 is 36.4 Å². The van der Waals surface area contributed by atoms with Gasteiger partial charge in [0, 0.05) is 12.1 Å². The SMILES string of the molecule is COc1cc(S(=O)(=O)CCOSOO[O-])c(OC)cc1N=Nc1c(SOO[O-])cc2cc(S(=O)(=O)[O-])c(N=Nc3ccc(S(=O)(=O)CCOS(=O)(=O)[O-])cc3SOO[O-])c(N)c2c1O.[Na+].[Na+].[Na+].[Na+].[Na+]. The third-order valence-electron chi connectivity index (χ3n) is 7.61. The number of fused-ring (bicyclic) bond motifs is 1. The molecular formula is C28H24N5Na5O24S7. The number of sulfone groups is 2. The van der Waals surface area contributed by atoms with E-state index in [0.29, 0.717) is 6.07 Å². The van der Waals surface area contributed by atoms with Crippen LogP contribution in [0.4, 0.5) is 28.4 Å². The summed E-state index contributed by atoms with van der Waals surface area (Å²) in [5.41, 5.74) is 3.42. The van der Waals surface area contributed by atoms with Gasteiger partial charge in [-0.25, -0.2) is 33.7 Å². The summed E-state index contributed by atoms with van der Waals surface area (Å²) in [4.78, 5) is -2.83. The Morgan fingerprint density at radius 3 is 1.77 bits per heavy atom. The van der Waals surface area contributed by atoms with Crippen molar-refractivity contribution in [2.75, 3.05) is 44.7 Å². The van der Waals surface area contributed by atoms with Gasteiger partial charge in [-0.3, -0.25) is 23.5 Å². The van der Waals surface area contributed by atoms with Crippen LogP contribution in [0.2, 0.25) is 0 Å². The molecule has 4 rings (SSSR count). The number of nitrogen functional groups attached to an aromatic ring is 1. The van der Waals surface area contributed by atoms with Gasteiger partial charge in [0.25, 0.3) is 0 Å². The van der Waals surface area contributed by atoms with Gasteiger partial charge in [0.05, 0.1) is 93.7 Å². The molecule has 69 heavy (non-hydrogen) atoms. The predicted molar refractivity (Wildman–Crippen MR) is 204 cm³/mol. The number of aromatic hydroxyl groups is 1. The van der Waals surface area contributed by atoms with Gasteiger partial charge < -0.3 is 45.2 Å². The molecule has 352 valence electrons. The molecular weight excluding hydrogens is 1130 g/mol. The number of nitrogens with zero attached hydrogens (tertiary/aromatic N) is 4. The van der Waals surface area contributed by atoms with Crippen molar-refractivity contribution >= 4 is 116 Å². The number of benzene rings is 4. The zero-order valence-corrected chi connectivity index (χ0v) is 52.1. The topological polar surface area (TPSA) is 440 Å². The molecule has 0 saturated carbocycles. The molecule has 0 aromatic heterocycles. The molecule has 0 saturated heterocycles. The molecule has 0 aliphatic carbocycles. The van der Waals surface area contributed by atoms with E-state index < -0.39 is 113 Å². The predicted octanol–water partition coefficient (Wildman–Crippen LogP) is -13.8. The Morgan fingerprint density at radius 1 is 0.638 bits per heavy atom. The Balaban J connectivity index is 0. The van der Waals surface area contributed by atoms with E-state index in [-0.39, 0.29) is 217 Å². The maximum Gasteiger partial charge on any atom is 1.00 e. The molecule has 41 heteroatoms. The van der Waals surface area contributed by atoms with E-state index in [0.717, 1.165) is 50.6 Å². The maximum atomic E-state index is 13.1. The van der Waals surface area contributed by atoms with Gasteiger partial charge in [0.2, 0.25) is 10.4 Å². The second kappa shape index (κ2) is 33.1. The van der Waals surface area contributed by atoms with Gasteiger partial charge in [-0.2, -0.15) is 8.67 Å². The van der Waals surface area contributed by atoms with Gasteiger partial charge in [-0.05, 0) is 35.7 Å². The summed E-state index contributed by atoms with van der Waals surface area (Å²) in [6.07, 6.45) is 0. The molecule has 4 aromatic rings. The van der Waals surface area contributed by atoms with Crippen molar-refractivity contribution in [1.29, 1.82) is 0 Å². The fourth-order valence-electron chi connectivity index (χ4n) is 4.97. The van der Waals surface area contributed by atoms with E-state index in [4.69, 9.17) is 19.4 Å². The summed E-state index contributed by atoms with van der Waals surface area (Å²) in [5.74, 6) is -3.14. The van der Waals surface area contributed by atoms with Crippen molar-refractivity contribution < 1.29 is 257 Å². The average molecular weight is 1150 g/mol. The van der Waals surface area contributed by atoms with Crippen LogP contribution in [0.3, 0.4) is 0 Å². The minimum absolute atomic E-state index is 0. The summed E-state index contributed by atoms with van der Waals surface area (Å²) >= 11 is 0.259. The number of phenols is 1. The molecule has 0 heterocycles. The number of hydrogen-bond acceptors (Lipinski definition) is 32. The zero-order chi connectivity index (χ0) is 47.5. The number of nitrogens with two attached hydrogens (primary N) is 1. The second-order valence-electron chi connectivity index (χ2n) is 11.3. The van der Waals surface area contributed by atoms with Crippen molar-refractivity contribution in [2.24, 2.45) is 20.5 Å². The van der Waals surface area contributed by atoms with Crippen LogP contribution < -0.4 is 179 Å². The van der Waals surface area contributed by atoms with Gasteiger partial charge >= 0.3 is 148 Å². The van der Waals surface area contributed by atoms with E-state index in [1.165, 1.54) is 0 Å². The van der Waals surface area contributed by atoms with Crippen LogP contribution in [0.25, 0.3) is 10.8 Å². The largest absolute Gasteiger partial charge is 1.00 e. The first-order valence-corrected chi connectivity index (χ1v) is 24.2. The van der Waals surface area contributed by atoms with E-state index in [1.54, 1.807) is 0 Å². The van der Waals surface area contributed by atoms with Crippen molar-refractivity contribution in [1.82, 2.24) is 0 Å². The van der Waals surface area contributed by atoms with Gasteiger partial charge in [0.15, 0.2) is 37.7 Å². The Labute approximate surface area is 515 Å². The molecule has 3 N–H and O–H groups in total. The standard InChI is InChI=1S/C28H29N5O24S7.5Na/c1-48-18-13-22(62(40,41)7-5-50-60-57-54-37)19(49-2)12-17(18)31-32-26-21(59-56-53-36)9-14-10-23(63(42,43)44)27(25(29)24(14)28(26)34)33-30-16-4-3-15(11-20(16)58-55-52-35)61(38,39)8-6-51-64(45,46)47;;;;;/h3-4,9-13,34-37H,5-8,29H2,1-2H3,(H,42,43,44)(H,45,46,47);;;;;/q;5*+1/p-5. The third-order valence-corrected chi connectivity index (χ3v) is 13.9. The van der Waals surface area contributed by atoms with Crippen LogP contribution in [0.5, 0.6) is 17.2 Å². The second-order valence-corrected chi connectivity index (χ2v) is 19.9. The van der Waals surface area contributed by atoms with Gasteiger partial charge in [-0.15, -0.1) is 24.8 Å². The molecule has 0 spiro atoms. The number of ether oxygens (including phenoxy) is 2. The van der Waals surface area contributed by atoms with Crippen LogP contribution in [0.1, 0.15) is 0 Å². The van der Waals surface area contributed by atoms with E-state index >= 15 is 0 Å². The number of methoxy groups -OCH3 is 2. The van der Waals surface area contributed by atoms with Crippen molar-refractivity contribution in [3.63, 3.8) is 0 Å². The summed E-state index contributed by atoms with van der Waals surface area (Å²) in [5, 5.41) is 67.4. The number of phenolic OH excluding ortho intramolecular Hbond substituents is 1. The molecule has 0 bridgehead atoms. The number of hydrogen-bond donors (Lipinski definition) is 2. The third kappa shape index (κ3) is 20.7. The van der Waals surface area contributed by atoms with Crippen molar-refractivity contribution in [3.05, 3.63) is 42.5 Å². The van der Waals surface area contributed by atoms with E-state index in [2.05, 4.69) is 52.8 Å². The van der Waals surface area contributed by atoms with E-state index in [1.807, 2.05) is 0 Å². The van der Waals surface area contributed by atoms with Crippen LogP contribution in [0, 0.1) is 0 Å². The summed E-state index contributed by atoms with van der Waals surface area (Å²) in [6.45, 7) is -1.55. The molecule has 0 amide bonds. The Hall–Kier alpha value is 0.870. The Bertz CT molecular complexity index is 2880. The molecule has 0 radical (unpaired) electrons. The number of azo groups is 2. The van der Waals surface area contributed by atoms with Crippen LogP contribution in [0.15, 0.2) is 87.4 Å². The maximum absolute atomic E-state index is 13.1. The molecule has 29 nitrogen and oxygen atoms in total. The quantitative estimate of drug-likeness (QED) is 0.00716. The zero-order valence-electron chi connectivity index (χ0n) is 36.4. The fourth-order valence-corrected chi connectivity index (χ4v) is 9.75. The first-order valence-electron chi connectivity index (χ1n) is 16.0. The smallest absolute Gasteiger partial charge is 0.744 e. The first-order chi connectivity index (χ1) is 30.1. The Morgan fingerprint density at radius 2 is 1.20 bits per heavy atom. The van der Waals surface area contributed by atoms with Crippen molar-refractivity contribution in [3.8, 4) is 17.2 Å². The number of rotatable bonds is 25. The van der Waals surface area contributed by atoms with E-state index in [9.17, 15) is 63.7 Å². The molecule has 0 aliphatic heterocycles. The minimum atomic E-state index is -5.52. The van der Waals surface area contributed by atoms with Crippen molar-refractivity contribution in [2.45, 2.75) is 24.5 Å². The Kier molecular flexibility index (Phi) is 34.5. The molecule has 0 atom stereocenters. The first kappa shape index (κ1) is 71.9. The van der Waals surface area contributed by atoms with Gasteiger partial charge in [-0.1, -0.05) is 0 Å². The molecule has 0 unspecified atom stereocenters. The number of anilines is 1. The summed E-state index contributed by atoms with van der Waals surface area (Å²) < 4.78 is 153. The van der Waals surface area contributed by atoms with Crippen LogP contribution in [-0.2, 0) is 76.7 Å². The molecule has 0 aliphatic rings. The molecule has 4 aromatic carbocycles. The average Bonchev–Trinajstić information content (AvgIpc) is 3.22. The monoisotopic (exact) mass is 1150 g/mol. The fraction of sp³-hybridized carbons (Fsp3) is 0.214. The molecule has 0 fully saturated rings. The van der Waals surface area contributed by atoms with Gasteiger partial charge in [0.1, 0.15) is 49.3 Å².